The van der Waals surface area contributed by atoms with E-state index in [-0.39, 0.29) is 0 Å². The number of aromatic nitrogens is 3. The maximum atomic E-state index is 12.5. The second-order valence-electron chi connectivity index (χ2n) is 4.21. The highest BCUT2D eigenvalue weighted by atomic mass is 32.2. The fourth-order valence-corrected chi connectivity index (χ4v) is 2.66. The molecule has 1 aromatic carbocycles. The summed E-state index contributed by atoms with van der Waals surface area (Å²) in [5.74, 6) is -0.515. The molecule has 0 aliphatic heterocycles. The van der Waals surface area contributed by atoms with Crippen LogP contribution >= 0.6 is 0 Å². The standard InChI is InChI=1S/C12H13F2N3OS/c1-7-4-8(2)10(19(3)18)5-9(7)17-6-15-12(16-17)11(13)14/h4-6,11H,1-3H3. The van der Waals surface area contributed by atoms with Gasteiger partial charge in [0.25, 0.3) is 6.43 Å². The Morgan fingerprint density at radius 3 is 2.47 bits per heavy atom. The molecule has 0 aliphatic rings. The lowest BCUT2D eigenvalue weighted by molar-refractivity contribution is 0.140. The lowest BCUT2D eigenvalue weighted by Crippen LogP contribution is -2.05. The molecule has 102 valence electrons. The molecular formula is C12H13F2N3OS. The van der Waals surface area contributed by atoms with Crippen molar-refractivity contribution in [2.45, 2.75) is 25.2 Å². The first kappa shape index (κ1) is 14.0. The zero-order valence-electron chi connectivity index (χ0n) is 10.7. The smallest absolute Gasteiger partial charge is 0.299 e. The van der Waals surface area contributed by atoms with Crippen LogP contribution < -0.4 is 0 Å². The summed E-state index contributed by atoms with van der Waals surface area (Å²) in [6.07, 6.45) is 0.112. The molecule has 0 saturated carbocycles. The zero-order valence-corrected chi connectivity index (χ0v) is 11.5. The fraction of sp³-hybridized carbons (Fsp3) is 0.333. The van der Waals surface area contributed by atoms with Crippen LogP contribution in [-0.2, 0) is 11.2 Å². The lowest BCUT2D eigenvalue weighted by Gasteiger charge is -2.12. The van der Waals surface area contributed by atoms with E-state index in [1.54, 1.807) is 12.3 Å². The molecule has 2 rings (SSSR count). The number of nitrogens with zero attached hydrogens (tertiary/aromatic N) is 3. The lowest BCUT2D eigenvalue weighted by atomic mass is 10.1. The molecule has 7 heteroatoms. The summed E-state index contributed by atoms with van der Waals surface area (Å²) in [6.45, 7) is 3.70. The van der Waals surface area contributed by atoms with Crippen LogP contribution in [0.1, 0.15) is 23.4 Å². The van der Waals surface area contributed by atoms with Gasteiger partial charge in [-0.15, -0.1) is 5.10 Å². The third-order valence-corrected chi connectivity index (χ3v) is 3.81. The van der Waals surface area contributed by atoms with Gasteiger partial charge in [-0.3, -0.25) is 0 Å². The fourth-order valence-electron chi connectivity index (χ4n) is 1.87. The molecule has 0 spiro atoms. The Morgan fingerprint density at radius 1 is 1.26 bits per heavy atom. The quantitative estimate of drug-likeness (QED) is 0.814. The van der Waals surface area contributed by atoms with Gasteiger partial charge in [-0.1, -0.05) is 0 Å². The molecule has 0 bridgehead atoms. The number of rotatable bonds is 3. The number of benzene rings is 1. The Morgan fingerprint density at radius 2 is 1.95 bits per heavy atom. The largest absolute Gasteiger partial charge is 0.612 e. The van der Waals surface area contributed by atoms with Gasteiger partial charge in [0.2, 0.25) is 5.82 Å². The van der Waals surface area contributed by atoms with Crippen molar-refractivity contribution in [2.75, 3.05) is 6.26 Å². The summed E-state index contributed by atoms with van der Waals surface area (Å²) in [5.41, 5.74) is 2.36. The molecule has 0 radical (unpaired) electrons. The van der Waals surface area contributed by atoms with Crippen molar-refractivity contribution in [3.05, 3.63) is 35.4 Å². The van der Waals surface area contributed by atoms with E-state index >= 15 is 0 Å². The molecule has 0 aliphatic carbocycles. The van der Waals surface area contributed by atoms with Crippen LogP contribution in [0, 0.1) is 13.8 Å². The minimum Gasteiger partial charge on any atom is -0.612 e. The highest BCUT2D eigenvalue weighted by Gasteiger charge is 2.17. The Hall–Kier alpha value is -1.47. The minimum atomic E-state index is -2.70. The van der Waals surface area contributed by atoms with Crippen LogP contribution in [0.4, 0.5) is 8.78 Å². The first-order valence-electron chi connectivity index (χ1n) is 5.55. The van der Waals surface area contributed by atoms with Gasteiger partial charge in [0.1, 0.15) is 12.6 Å². The van der Waals surface area contributed by atoms with Crippen molar-refractivity contribution in [1.29, 1.82) is 0 Å². The van der Waals surface area contributed by atoms with Crippen molar-refractivity contribution >= 4 is 11.2 Å². The van der Waals surface area contributed by atoms with Gasteiger partial charge in [-0.05, 0) is 36.7 Å². The summed E-state index contributed by atoms with van der Waals surface area (Å²) in [5, 5.41) is 3.73. The third-order valence-electron chi connectivity index (χ3n) is 2.75. The van der Waals surface area contributed by atoms with E-state index in [4.69, 9.17) is 0 Å². The van der Waals surface area contributed by atoms with Crippen LogP contribution in [0.3, 0.4) is 0 Å². The topological polar surface area (TPSA) is 53.8 Å². The van der Waals surface area contributed by atoms with E-state index in [2.05, 4.69) is 10.1 Å². The van der Waals surface area contributed by atoms with Crippen molar-refractivity contribution < 1.29 is 13.3 Å². The van der Waals surface area contributed by atoms with Gasteiger partial charge < -0.3 is 4.55 Å². The van der Waals surface area contributed by atoms with Gasteiger partial charge in [0, 0.05) is 11.6 Å². The average molecular weight is 285 g/mol. The van der Waals surface area contributed by atoms with E-state index in [0.29, 0.717) is 10.6 Å². The molecule has 0 fully saturated rings. The van der Waals surface area contributed by atoms with Gasteiger partial charge in [-0.25, -0.2) is 18.4 Å². The van der Waals surface area contributed by atoms with Crippen molar-refractivity contribution in [3.63, 3.8) is 0 Å². The van der Waals surface area contributed by atoms with Gasteiger partial charge >= 0.3 is 0 Å². The van der Waals surface area contributed by atoms with Crippen LogP contribution in [0.2, 0.25) is 0 Å². The van der Waals surface area contributed by atoms with Gasteiger partial charge in [-0.2, -0.15) is 0 Å². The van der Waals surface area contributed by atoms with Crippen LogP contribution in [0.15, 0.2) is 23.4 Å². The summed E-state index contributed by atoms with van der Waals surface area (Å²) >= 11 is -1.14. The molecule has 1 atom stereocenters. The number of halogens is 2. The molecule has 0 amide bonds. The van der Waals surface area contributed by atoms with E-state index in [1.165, 1.54) is 11.0 Å². The molecular weight excluding hydrogens is 272 g/mol. The predicted molar refractivity (Wildman–Crippen MR) is 68.1 cm³/mol. The summed E-state index contributed by atoms with van der Waals surface area (Å²) in [7, 11) is 0. The minimum absolute atomic E-state index is 0.515. The molecule has 0 N–H and O–H groups in total. The molecule has 1 unspecified atom stereocenters. The Bertz CT molecular complexity index is 599. The van der Waals surface area contributed by atoms with Gasteiger partial charge in [0.05, 0.1) is 5.69 Å². The Labute approximate surface area is 112 Å². The Balaban J connectivity index is 2.51. The summed E-state index contributed by atoms with van der Waals surface area (Å²) in [6, 6.07) is 3.56. The first-order chi connectivity index (χ1) is 8.90. The number of alkyl halides is 2. The second kappa shape index (κ2) is 5.26. The van der Waals surface area contributed by atoms with Crippen molar-refractivity contribution in [3.8, 4) is 5.69 Å². The van der Waals surface area contributed by atoms with E-state index < -0.39 is 23.4 Å². The maximum Gasteiger partial charge on any atom is 0.299 e. The molecule has 1 heterocycles. The number of aryl methyl sites for hydroxylation is 2. The summed E-state index contributed by atoms with van der Waals surface area (Å²) in [4.78, 5) is 4.22. The van der Waals surface area contributed by atoms with Crippen LogP contribution in [0.5, 0.6) is 0 Å². The maximum absolute atomic E-state index is 12.5. The predicted octanol–water partition coefficient (Wildman–Crippen LogP) is 2.56. The molecule has 0 saturated heterocycles. The normalized spacial score (nSPS) is 13.0. The average Bonchev–Trinajstić information content (AvgIpc) is 2.77. The van der Waals surface area contributed by atoms with Crippen molar-refractivity contribution in [2.24, 2.45) is 0 Å². The highest BCUT2D eigenvalue weighted by molar-refractivity contribution is 7.90. The van der Waals surface area contributed by atoms with E-state index in [0.717, 1.165) is 11.1 Å². The van der Waals surface area contributed by atoms with Crippen molar-refractivity contribution in [1.82, 2.24) is 14.8 Å². The first-order valence-corrected chi connectivity index (χ1v) is 7.10. The van der Waals surface area contributed by atoms with E-state index in [9.17, 15) is 13.3 Å². The number of hydrogen-bond donors (Lipinski definition) is 0. The SMILES string of the molecule is Cc1cc(C)c([S+](C)[O-])cc1-n1cnc(C(F)F)n1. The monoisotopic (exact) mass is 285 g/mol. The zero-order chi connectivity index (χ0) is 14.2. The molecule has 1 aromatic heterocycles. The molecule has 4 nitrogen and oxygen atoms in total. The molecule has 19 heavy (non-hydrogen) atoms. The molecule has 2 aromatic rings. The Kier molecular flexibility index (Phi) is 3.86. The highest BCUT2D eigenvalue weighted by Crippen LogP contribution is 2.23. The van der Waals surface area contributed by atoms with E-state index in [1.807, 2.05) is 19.9 Å². The second-order valence-corrected chi connectivity index (χ2v) is 5.55. The summed E-state index contributed by atoms with van der Waals surface area (Å²) < 4.78 is 37.9. The van der Waals surface area contributed by atoms with Crippen LogP contribution in [0.25, 0.3) is 5.69 Å². The number of hydrogen-bond acceptors (Lipinski definition) is 3. The van der Waals surface area contributed by atoms with Gasteiger partial charge in [0.15, 0.2) is 4.90 Å². The third kappa shape index (κ3) is 2.76. The van der Waals surface area contributed by atoms with Crippen LogP contribution in [-0.4, -0.2) is 25.6 Å².